The molecule has 4 atom stereocenters. The highest BCUT2D eigenvalue weighted by atomic mass is 19.2. The number of hydrogen-bond donors (Lipinski definition) is 2. The number of alkyl halides is 2. The van der Waals surface area contributed by atoms with Gasteiger partial charge in [-0.25, -0.2) is 26.9 Å². The van der Waals surface area contributed by atoms with Crippen LogP contribution < -0.4 is 15.0 Å². The molecule has 13 heteroatoms. The van der Waals surface area contributed by atoms with Gasteiger partial charge in [0.2, 0.25) is 0 Å². The highest BCUT2D eigenvalue weighted by molar-refractivity contribution is 6.01. The lowest BCUT2D eigenvalue weighted by molar-refractivity contribution is 0.0886. The van der Waals surface area contributed by atoms with Crippen LogP contribution in [0.2, 0.25) is 0 Å². The molecule has 4 aliphatic heterocycles. The van der Waals surface area contributed by atoms with Crippen LogP contribution in [0, 0.1) is 23.4 Å². The number of aromatic nitrogens is 3. The van der Waals surface area contributed by atoms with Gasteiger partial charge in [0.05, 0.1) is 29.2 Å². The van der Waals surface area contributed by atoms with Crippen molar-refractivity contribution < 1.29 is 31.8 Å². The molecule has 3 saturated heterocycles. The van der Waals surface area contributed by atoms with Crippen LogP contribution in [-0.4, -0.2) is 75.4 Å². The molecule has 3 fully saturated rings. The maximum Gasteiger partial charge on any atom is 0.319 e. The van der Waals surface area contributed by atoms with Crippen molar-refractivity contribution in [3.05, 3.63) is 47.4 Å². The van der Waals surface area contributed by atoms with Gasteiger partial charge in [0.25, 0.3) is 0 Å². The molecule has 0 spiro atoms. The number of nitrogens with zero attached hydrogens (tertiary/aromatic N) is 5. The molecule has 0 bridgehead atoms. The van der Waals surface area contributed by atoms with Crippen molar-refractivity contribution in [3.8, 4) is 23.0 Å². The first kappa shape index (κ1) is 28.6. The van der Waals surface area contributed by atoms with Gasteiger partial charge in [-0.05, 0) is 74.7 Å². The lowest BCUT2D eigenvalue weighted by Crippen LogP contribution is -2.62. The molecule has 2 N–H and O–H groups in total. The summed E-state index contributed by atoms with van der Waals surface area (Å²) in [6.45, 7) is 3.73. The van der Waals surface area contributed by atoms with E-state index >= 15 is 13.2 Å². The number of phenols is 1. The van der Waals surface area contributed by atoms with Crippen molar-refractivity contribution >= 4 is 27.5 Å². The molecule has 2 aromatic heterocycles. The van der Waals surface area contributed by atoms with E-state index in [0.717, 1.165) is 50.9 Å². The SMILES string of the molecule is C[C@H]1Cc2nc(-c3cc(O)cc4ccc(F)c(F)c34)c(F)c3nc(OCC45CCCN4CCC5)nc(c23)N2CC(F)NC(F)C12. The van der Waals surface area contributed by atoms with Crippen LogP contribution in [0.4, 0.5) is 27.8 Å². The summed E-state index contributed by atoms with van der Waals surface area (Å²) in [6.07, 6.45) is 0.614. The number of halogens is 5. The second kappa shape index (κ2) is 10.3. The van der Waals surface area contributed by atoms with E-state index in [1.807, 2.05) is 0 Å². The van der Waals surface area contributed by atoms with E-state index in [0.29, 0.717) is 0 Å². The molecule has 8 rings (SSSR count). The first-order valence-corrected chi connectivity index (χ1v) is 15.3. The van der Waals surface area contributed by atoms with Crippen molar-refractivity contribution in [2.24, 2.45) is 5.92 Å². The largest absolute Gasteiger partial charge is 0.508 e. The summed E-state index contributed by atoms with van der Waals surface area (Å²) in [7, 11) is 0. The molecule has 6 heterocycles. The van der Waals surface area contributed by atoms with Gasteiger partial charge in [-0.1, -0.05) is 13.0 Å². The molecular formula is C32H31F5N6O2. The van der Waals surface area contributed by atoms with Gasteiger partial charge >= 0.3 is 6.01 Å². The van der Waals surface area contributed by atoms with E-state index in [1.165, 1.54) is 17.0 Å². The number of ether oxygens (including phenoxy) is 1. The van der Waals surface area contributed by atoms with Crippen molar-refractivity contribution in [1.29, 1.82) is 0 Å². The molecule has 4 aromatic rings. The summed E-state index contributed by atoms with van der Waals surface area (Å²) >= 11 is 0. The minimum atomic E-state index is -1.76. The van der Waals surface area contributed by atoms with Crippen LogP contribution in [0.25, 0.3) is 32.9 Å². The Labute approximate surface area is 255 Å². The predicted octanol–water partition coefficient (Wildman–Crippen LogP) is 5.54. The third kappa shape index (κ3) is 4.41. The molecule has 0 radical (unpaired) electrons. The van der Waals surface area contributed by atoms with Gasteiger partial charge in [0, 0.05) is 10.9 Å². The van der Waals surface area contributed by atoms with E-state index in [-0.39, 0.29) is 81.3 Å². The number of phenolic OH excluding ortho intramolecular Hbond substituents is 1. The van der Waals surface area contributed by atoms with Crippen LogP contribution in [0.1, 0.15) is 38.3 Å². The summed E-state index contributed by atoms with van der Waals surface area (Å²) in [6, 6.07) is 3.57. The van der Waals surface area contributed by atoms with Crippen LogP contribution in [-0.2, 0) is 6.42 Å². The summed E-state index contributed by atoms with van der Waals surface area (Å²) in [5, 5.41) is 12.9. The standard InChI is InChI=1S/C32H31F5N6O2/c1-15-10-20-23-27(25(36)26(38-20)18-12-17(44)11-16-4-5-19(33)24(35)22(16)18)40-31(45-14-32-6-2-8-42(32)9-3-7-32)41-30(23)43-13-21(34)39-29(37)28(15)43/h4-5,11-12,15,21,28-29,39,44H,2-3,6-10,13-14H2,1H3/t15-,21?,28?,29?/m0/s1. The number of pyridine rings is 1. The molecule has 0 saturated carbocycles. The first-order chi connectivity index (χ1) is 21.6. The monoisotopic (exact) mass is 626 g/mol. The Morgan fingerprint density at radius 1 is 1.02 bits per heavy atom. The van der Waals surface area contributed by atoms with Gasteiger partial charge in [-0.3, -0.25) is 10.2 Å². The molecule has 3 unspecified atom stereocenters. The molecule has 2 aromatic carbocycles. The van der Waals surface area contributed by atoms with E-state index in [9.17, 15) is 13.9 Å². The summed E-state index contributed by atoms with van der Waals surface area (Å²) in [5.41, 5.74) is -0.637. The zero-order chi connectivity index (χ0) is 31.2. The molecule has 45 heavy (non-hydrogen) atoms. The van der Waals surface area contributed by atoms with Gasteiger partial charge < -0.3 is 14.7 Å². The molecule has 4 aliphatic rings. The third-order valence-corrected chi connectivity index (χ3v) is 10.1. The van der Waals surface area contributed by atoms with Gasteiger partial charge in [-0.2, -0.15) is 9.97 Å². The quantitative estimate of drug-likeness (QED) is 0.226. The summed E-state index contributed by atoms with van der Waals surface area (Å²) < 4.78 is 83.0. The van der Waals surface area contributed by atoms with E-state index in [4.69, 9.17) is 4.74 Å². The lowest BCUT2D eigenvalue weighted by Gasteiger charge is -2.42. The number of anilines is 1. The van der Waals surface area contributed by atoms with Crippen LogP contribution in [0.3, 0.4) is 0 Å². The minimum Gasteiger partial charge on any atom is -0.508 e. The van der Waals surface area contributed by atoms with Crippen LogP contribution in [0.15, 0.2) is 24.3 Å². The predicted molar refractivity (Wildman–Crippen MR) is 157 cm³/mol. The van der Waals surface area contributed by atoms with Crippen LogP contribution >= 0.6 is 0 Å². The molecule has 0 aliphatic carbocycles. The van der Waals surface area contributed by atoms with Gasteiger partial charge in [-0.15, -0.1) is 0 Å². The highest BCUT2D eigenvalue weighted by Gasteiger charge is 2.46. The zero-order valence-electron chi connectivity index (χ0n) is 24.5. The average Bonchev–Trinajstić information content (AvgIpc) is 3.55. The number of benzene rings is 2. The van der Waals surface area contributed by atoms with E-state index in [1.54, 1.807) is 6.92 Å². The zero-order valence-corrected chi connectivity index (χ0v) is 24.5. The fourth-order valence-electron chi connectivity index (χ4n) is 8.06. The van der Waals surface area contributed by atoms with E-state index < -0.39 is 42.0 Å². The van der Waals surface area contributed by atoms with Crippen molar-refractivity contribution in [3.63, 3.8) is 0 Å². The Hall–Kier alpha value is -3.84. The topological polar surface area (TPSA) is 86.6 Å². The number of fused-ring (bicyclic) bond motifs is 4. The summed E-state index contributed by atoms with van der Waals surface area (Å²) in [5.74, 6) is -3.99. The Kier molecular flexibility index (Phi) is 6.58. The van der Waals surface area contributed by atoms with Crippen molar-refractivity contribution in [1.82, 2.24) is 25.2 Å². The Morgan fingerprint density at radius 2 is 1.80 bits per heavy atom. The van der Waals surface area contributed by atoms with Gasteiger partial charge in [0.1, 0.15) is 29.4 Å². The number of piperazine rings is 1. The van der Waals surface area contributed by atoms with Crippen molar-refractivity contribution in [2.45, 2.75) is 63.2 Å². The number of aromatic hydroxyl groups is 1. The number of rotatable bonds is 4. The Balaban J connectivity index is 1.36. The van der Waals surface area contributed by atoms with Gasteiger partial charge in [0.15, 0.2) is 30.0 Å². The third-order valence-electron chi connectivity index (χ3n) is 10.1. The minimum absolute atomic E-state index is 0.106. The molecule has 0 amide bonds. The Bertz CT molecular complexity index is 1850. The second-order valence-electron chi connectivity index (χ2n) is 12.8. The fraction of sp³-hybridized carbons (Fsp3) is 0.469. The maximum atomic E-state index is 16.8. The first-order valence-electron chi connectivity index (χ1n) is 15.3. The second-order valence-corrected chi connectivity index (χ2v) is 12.8. The smallest absolute Gasteiger partial charge is 0.319 e. The maximum absolute atomic E-state index is 16.8. The molecule has 236 valence electrons. The number of hydrogen-bond acceptors (Lipinski definition) is 8. The van der Waals surface area contributed by atoms with Crippen molar-refractivity contribution in [2.75, 3.05) is 31.1 Å². The Morgan fingerprint density at radius 3 is 2.58 bits per heavy atom. The molecule has 8 nitrogen and oxygen atoms in total. The van der Waals surface area contributed by atoms with Crippen LogP contribution in [0.5, 0.6) is 11.8 Å². The average molecular weight is 627 g/mol. The van der Waals surface area contributed by atoms with E-state index in [2.05, 4.69) is 25.2 Å². The lowest BCUT2D eigenvalue weighted by atomic mass is 9.93. The summed E-state index contributed by atoms with van der Waals surface area (Å²) in [4.78, 5) is 17.6. The number of nitrogens with one attached hydrogen (secondary N) is 1. The highest BCUT2D eigenvalue weighted by Crippen LogP contribution is 2.44. The fourth-order valence-corrected chi connectivity index (χ4v) is 8.06. The normalized spacial score (nSPS) is 25.9. The molecular weight excluding hydrogens is 595 g/mol.